The molecule has 3 aromatic rings. The summed E-state index contributed by atoms with van der Waals surface area (Å²) in [6.07, 6.45) is -2.84. The number of hydrogen-bond donors (Lipinski definition) is 1. The van der Waals surface area contributed by atoms with Crippen LogP contribution in [-0.2, 0) is 46.5 Å². The van der Waals surface area contributed by atoms with Crippen molar-refractivity contribution in [1.82, 2.24) is 0 Å². The Morgan fingerprint density at radius 1 is 0.861 bits per heavy atom. The van der Waals surface area contributed by atoms with Crippen molar-refractivity contribution < 1.29 is 36.7 Å². The average molecular weight is 511 g/mol. The van der Waals surface area contributed by atoms with E-state index >= 15 is 0 Å². The summed E-state index contributed by atoms with van der Waals surface area (Å²) in [4.78, 5) is 12.6. The van der Waals surface area contributed by atoms with Gasteiger partial charge in [0.2, 0.25) is 5.76 Å². The fourth-order valence-electron chi connectivity index (χ4n) is 3.47. The highest BCUT2D eigenvalue weighted by Crippen LogP contribution is 2.29. The van der Waals surface area contributed by atoms with Crippen molar-refractivity contribution in [2.45, 2.75) is 37.2 Å². The van der Waals surface area contributed by atoms with Gasteiger partial charge in [-0.15, -0.1) is 0 Å². The Balaban J connectivity index is 1.51. The van der Waals surface area contributed by atoms with Gasteiger partial charge in [-0.3, -0.25) is 4.18 Å². The third-order valence-electron chi connectivity index (χ3n) is 5.42. The minimum atomic E-state index is -4.14. The van der Waals surface area contributed by atoms with Crippen molar-refractivity contribution in [2.24, 2.45) is 0 Å². The smallest absolute Gasteiger partial charge is 0.378 e. The summed E-state index contributed by atoms with van der Waals surface area (Å²) in [6.45, 7) is 1.33. The van der Waals surface area contributed by atoms with Gasteiger partial charge in [-0.25, -0.2) is 4.79 Å². The van der Waals surface area contributed by atoms with Gasteiger partial charge in [0.05, 0.1) is 11.5 Å². The molecule has 3 aromatic carbocycles. The van der Waals surface area contributed by atoms with Crippen LogP contribution >= 0.6 is 0 Å². The molecule has 1 heterocycles. The molecule has 0 spiro atoms. The Hall–Kier alpha value is -3.66. The molecule has 0 saturated carbocycles. The van der Waals surface area contributed by atoms with Crippen molar-refractivity contribution >= 4 is 16.1 Å². The van der Waals surface area contributed by atoms with Gasteiger partial charge in [0.1, 0.15) is 19.3 Å². The zero-order valence-electron chi connectivity index (χ0n) is 19.6. The number of carbonyl (C=O) groups excluding carboxylic acids is 1. The van der Waals surface area contributed by atoms with Gasteiger partial charge in [0.25, 0.3) is 10.1 Å². The number of aryl methyl sites for hydroxylation is 1. The third kappa shape index (κ3) is 6.31. The van der Waals surface area contributed by atoms with E-state index in [0.717, 1.165) is 16.7 Å². The van der Waals surface area contributed by atoms with Crippen molar-refractivity contribution in [3.05, 3.63) is 113 Å². The van der Waals surface area contributed by atoms with E-state index in [1.165, 1.54) is 12.1 Å². The third-order valence-corrected chi connectivity index (χ3v) is 6.71. The van der Waals surface area contributed by atoms with Gasteiger partial charge in [-0.2, -0.15) is 8.42 Å². The van der Waals surface area contributed by atoms with Gasteiger partial charge in [-0.05, 0) is 30.2 Å². The Bertz CT molecular complexity index is 1300. The van der Waals surface area contributed by atoms with Gasteiger partial charge < -0.3 is 19.3 Å². The number of carbonyl (C=O) groups is 1. The van der Waals surface area contributed by atoms with E-state index in [4.69, 9.17) is 18.4 Å². The maximum atomic E-state index is 12.6. The standard InChI is InChI=1S/C27H26O8S/c1-19-12-14-22(15-13-19)36(30,31)34-18-23(28)24-25(32-16-20-8-4-2-5-9-20)26(27(29)35-24)33-17-21-10-6-3-7-11-21/h2-15,23-24,28H,16-18H2,1H3/t23-,24+/m0/s1. The highest BCUT2D eigenvalue weighted by molar-refractivity contribution is 7.86. The molecule has 0 bridgehead atoms. The summed E-state index contributed by atoms with van der Waals surface area (Å²) in [5.74, 6) is -1.02. The minimum absolute atomic E-state index is 0.0244. The number of aliphatic hydroxyl groups excluding tert-OH is 1. The van der Waals surface area contributed by atoms with E-state index in [-0.39, 0.29) is 29.6 Å². The number of benzene rings is 3. The predicted octanol–water partition coefficient (Wildman–Crippen LogP) is 3.63. The number of aliphatic hydroxyl groups is 1. The topological polar surface area (TPSA) is 108 Å². The number of ether oxygens (including phenoxy) is 3. The summed E-state index contributed by atoms with van der Waals surface area (Å²) in [5, 5.41) is 10.8. The fraction of sp³-hybridized carbons (Fsp3) is 0.222. The monoisotopic (exact) mass is 510 g/mol. The van der Waals surface area contributed by atoms with Crippen molar-refractivity contribution in [2.75, 3.05) is 6.61 Å². The van der Waals surface area contributed by atoms with Crippen LogP contribution in [0, 0.1) is 6.92 Å². The Labute approximate surface area is 209 Å². The molecule has 1 N–H and O–H groups in total. The van der Waals surface area contributed by atoms with Crippen LogP contribution in [0.5, 0.6) is 0 Å². The molecule has 1 aliphatic rings. The molecule has 9 heteroatoms. The average Bonchev–Trinajstić information content (AvgIpc) is 3.21. The zero-order chi connectivity index (χ0) is 25.5. The van der Waals surface area contributed by atoms with E-state index in [9.17, 15) is 18.3 Å². The molecule has 0 aromatic heterocycles. The van der Waals surface area contributed by atoms with Crippen LogP contribution in [0.4, 0.5) is 0 Å². The largest absolute Gasteiger partial charge is 0.485 e. The molecule has 36 heavy (non-hydrogen) atoms. The fourth-order valence-corrected chi connectivity index (χ4v) is 4.39. The molecule has 0 aliphatic carbocycles. The Morgan fingerprint density at radius 2 is 1.42 bits per heavy atom. The van der Waals surface area contributed by atoms with E-state index in [2.05, 4.69) is 0 Å². The summed E-state index contributed by atoms with van der Waals surface area (Å²) in [5.41, 5.74) is 2.52. The molecule has 0 radical (unpaired) electrons. The predicted molar refractivity (Wildman–Crippen MR) is 130 cm³/mol. The minimum Gasteiger partial charge on any atom is -0.485 e. The number of rotatable bonds is 11. The SMILES string of the molecule is Cc1ccc(S(=O)(=O)OC[C@H](O)[C@H]2OC(=O)C(OCc3ccccc3)=C2OCc2ccccc2)cc1. The molecule has 0 amide bonds. The summed E-state index contributed by atoms with van der Waals surface area (Å²) in [6, 6.07) is 24.5. The van der Waals surface area contributed by atoms with Gasteiger partial charge in [-0.1, -0.05) is 78.4 Å². The van der Waals surface area contributed by atoms with Crippen LogP contribution in [0.2, 0.25) is 0 Å². The van der Waals surface area contributed by atoms with Gasteiger partial charge in [0.15, 0.2) is 11.9 Å². The second-order valence-corrected chi connectivity index (χ2v) is 9.80. The van der Waals surface area contributed by atoms with Crippen LogP contribution in [0.1, 0.15) is 16.7 Å². The Kier molecular flexibility index (Phi) is 8.04. The van der Waals surface area contributed by atoms with E-state index in [1.54, 1.807) is 12.1 Å². The maximum Gasteiger partial charge on any atom is 0.378 e. The summed E-state index contributed by atoms with van der Waals surface area (Å²) >= 11 is 0. The van der Waals surface area contributed by atoms with Crippen molar-refractivity contribution in [3.63, 3.8) is 0 Å². The van der Waals surface area contributed by atoms with E-state index in [1.807, 2.05) is 67.6 Å². The molecular weight excluding hydrogens is 484 g/mol. The van der Waals surface area contributed by atoms with Crippen molar-refractivity contribution in [3.8, 4) is 0 Å². The van der Waals surface area contributed by atoms with Crippen molar-refractivity contribution in [1.29, 1.82) is 0 Å². The summed E-state index contributed by atoms with van der Waals surface area (Å²) in [7, 11) is -4.14. The van der Waals surface area contributed by atoms with Crippen LogP contribution in [0.3, 0.4) is 0 Å². The molecule has 0 saturated heterocycles. The quantitative estimate of drug-likeness (QED) is 0.308. The Morgan fingerprint density at radius 3 is 2.00 bits per heavy atom. The number of hydrogen-bond acceptors (Lipinski definition) is 8. The van der Waals surface area contributed by atoms with Gasteiger partial charge >= 0.3 is 5.97 Å². The molecule has 8 nitrogen and oxygen atoms in total. The lowest BCUT2D eigenvalue weighted by Gasteiger charge is -2.20. The molecule has 4 rings (SSSR count). The van der Waals surface area contributed by atoms with Crippen LogP contribution in [0.15, 0.2) is 101 Å². The lowest BCUT2D eigenvalue weighted by molar-refractivity contribution is -0.148. The first-order valence-corrected chi connectivity index (χ1v) is 12.7. The first-order chi connectivity index (χ1) is 17.3. The molecule has 2 atom stereocenters. The van der Waals surface area contributed by atoms with Crippen LogP contribution in [0.25, 0.3) is 0 Å². The second kappa shape index (κ2) is 11.4. The first kappa shape index (κ1) is 25.4. The van der Waals surface area contributed by atoms with Gasteiger partial charge in [0, 0.05) is 0 Å². The van der Waals surface area contributed by atoms with E-state index < -0.39 is 34.9 Å². The number of cyclic esters (lactones) is 1. The highest BCUT2D eigenvalue weighted by Gasteiger charge is 2.42. The summed E-state index contributed by atoms with van der Waals surface area (Å²) < 4.78 is 47.0. The highest BCUT2D eigenvalue weighted by atomic mass is 32.2. The lowest BCUT2D eigenvalue weighted by Crippen LogP contribution is -2.34. The van der Waals surface area contributed by atoms with Crippen LogP contribution in [-0.4, -0.2) is 38.3 Å². The molecule has 188 valence electrons. The maximum absolute atomic E-state index is 12.6. The zero-order valence-corrected chi connectivity index (χ0v) is 20.4. The van der Waals surface area contributed by atoms with E-state index in [0.29, 0.717) is 0 Å². The first-order valence-electron chi connectivity index (χ1n) is 11.3. The second-order valence-electron chi connectivity index (χ2n) is 8.19. The lowest BCUT2D eigenvalue weighted by atomic mass is 10.1. The normalized spacial score (nSPS) is 16.5. The molecule has 0 unspecified atom stereocenters. The molecular formula is C27H26O8S. The molecule has 1 aliphatic heterocycles. The number of esters is 1. The molecule has 0 fully saturated rings. The van der Waals surface area contributed by atoms with Crippen LogP contribution < -0.4 is 0 Å².